The van der Waals surface area contributed by atoms with Gasteiger partial charge in [0, 0.05) is 82.3 Å². The molecule has 1 aromatic carbocycles. The van der Waals surface area contributed by atoms with Gasteiger partial charge in [-0.25, -0.2) is 4.98 Å². The van der Waals surface area contributed by atoms with E-state index in [4.69, 9.17) is 4.98 Å². The molecule has 2 fully saturated rings. The molecule has 5 rings (SSSR count). The van der Waals surface area contributed by atoms with Crippen LogP contribution in [-0.4, -0.2) is 89.0 Å². The number of piperazine rings is 1. The van der Waals surface area contributed by atoms with Crippen LogP contribution in [0.1, 0.15) is 57.1 Å². The topological polar surface area (TPSA) is 86.6 Å². The van der Waals surface area contributed by atoms with Gasteiger partial charge >= 0.3 is 0 Å². The number of nitrogens with zero attached hydrogens (tertiary/aromatic N) is 6. The molecule has 2 aliphatic rings. The minimum atomic E-state index is 0.00953. The van der Waals surface area contributed by atoms with E-state index in [1.165, 1.54) is 0 Å². The van der Waals surface area contributed by atoms with E-state index < -0.39 is 0 Å². The summed E-state index contributed by atoms with van der Waals surface area (Å²) < 4.78 is 1.92. The van der Waals surface area contributed by atoms with Gasteiger partial charge in [-0.05, 0) is 56.2 Å². The van der Waals surface area contributed by atoms with Crippen molar-refractivity contribution < 1.29 is 4.79 Å². The first-order valence-corrected chi connectivity index (χ1v) is 14.6. The summed E-state index contributed by atoms with van der Waals surface area (Å²) in [6.45, 7) is 8.00. The Balaban J connectivity index is 1.53. The molecule has 3 heterocycles. The molecule has 9 heteroatoms. The molecule has 1 saturated heterocycles. The molecule has 0 unspecified atom stereocenters. The Hall–Kier alpha value is -3.04. The Labute approximate surface area is 231 Å². The van der Waals surface area contributed by atoms with Gasteiger partial charge in [-0.2, -0.15) is 4.98 Å². The fourth-order valence-corrected chi connectivity index (χ4v) is 6.09. The molecule has 210 valence electrons. The quantitative estimate of drug-likeness (QED) is 0.349. The Bertz CT molecular complexity index is 1370. The number of aromatic nitrogens is 3. The van der Waals surface area contributed by atoms with E-state index >= 15 is 0 Å². The lowest BCUT2D eigenvalue weighted by Crippen LogP contribution is -2.43. The summed E-state index contributed by atoms with van der Waals surface area (Å²) in [5.41, 5.74) is 1.86. The molecule has 0 bridgehead atoms. The van der Waals surface area contributed by atoms with Crippen molar-refractivity contribution >= 4 is 33.7 Å². The summed E-state index contributed by atoms with van der Waals surface area (Å²) >= 11 is 0. The van der Waals surface area contributed by atoms with Crippen LogP contribution in [-0.2, 0) is 11.3 Å². The lowest BCUT2D eigenvalue weighted by molar-refractivity contribution is -0.134. The molecule has 1 N–H and O–H groups in total. The normalized spacial score (nSPS) is 20.9. The molecule has 3 aromatic rings. The van der Waals surface area contributed by atoms with Crippen LogP contribution in [0.4, 0.5) is 5.95 Å². The largest absolute Gasteiger partial charge is 0.354 e. The van der Waals surface area contributed by atoms with E-state index in [2.05, 4.69) is 52.3 Å². The zero-order valence-corrected chi connectivity index (χ0v) is 23.9. The minimum absolute atomic E-state index is 0.00953. The Morgan fingerprint density at radius 2 is 1.79 bits per heavy atom. The van der Waals surface area contributed by atoms with E-state index in [1.54, 1.807) is 4.90 Å². The third-order valence-electron chi connectivity index (χ3n) is 8.49. The average Bonchev–Trinajstić information content (AvgIpc) is 2.94. The molecule has 2 aromatic heterocycles. The number of rotatable bonds is 8. The number of hydrogen-bond donors (Lipinski definition) is 1. The minimum Gasteiger partial charge on any atom is -0.354 e. The Kier molecular flexibility index (Phi) is 8.47. The van der Waals surface area contributed by atoms with Crippen LogP contribution in [0.3, 0.4) is 0 Å². The van der Waals surface area contributed by atoms with Gasteiger partial charge < -0.3 is 15.1 Å². The number of fused-ring (bicyclic) bond motifs is 3. The van der Waals surface area contributed by atoms with Crippen molar-refractivity contribution in [3.8, 4) is 0 Å². The van der Waals surface area contributed by atoms with Gasteiger partial charge in [0.1, 0.15) is 5.65 Å². The number of anilines is 1. The zero-order chi connectivity index (χ0) is 27.5. The average molecular weight is 534 g/mol. The summed E-state index contributed by atoms with van der Waals surface area (Å²) in [4.78, 5) is 42.8. The maximum atomic E-state index is 14.2. The van der Waals surface area contributed by atoms with E-state index in [9.17, 15) is 9.59 Å². The third-order valence-corrected chi connectivity index (χ3v) is 8.49. The van der Waals surface area contributed by atoms with Crippen molar-refractivity contribution in [3.05, 3.63) is 40.3 Å². The fourth-order valence-electron chi connectivity index (χ4n) is 6.09. The lowest BCUT2D eigenvalue weighted by Gasteiger charge is -2.32. The van der Waals surface area contributed by atoms with Crippen LogP contribution >= 0.6 is 0 Å². The number of amides is 1. The number of likely N-dealkylation sites (N-methyl/N-ethyl adjacent to an activating group) is 1. The fraction of sp³-hybridized carbons (Fsp3) is 0.600. The van der Waals surface area contributed by atoms with Crippen molar-refractivity contribution in [3.63, 3.8) is 0 Å². The standard InChI is InChI=1S/C30H43N7O2/c1-5-6-13-31-30-32-19-26-24-12-7-21(20-36-16-14-35(4)15-17-36)18-25(24)29(39)37(27(26)33-30)23-10-8-22(9-11-23)28(38)34(2)3/h7,12,18-19,22-23H,5-6,8-11,13-17,20H2,1-4H3,(H,31,32,33). The first-order chi connectivity index (χ1) is 18.9. The van der Waals surface area contributed by atoms with Gasteiger partial charge in [-0.3, -0.25) is 19.1 Å². The number of hydrogen-bond acceptors (Lipinski definition) is 7. The number of unbranched alkanes of at least 4 members (excludes halogenated alkanes) is 1. The van der Waals surface area contributed by atoms with Crippen LogP contribution in [0.15, 0.2) is 29.2 Å². The van der Waals surface area contributed by atoms with Gasteiger partial charge in [0.05, 0.1) is 0 Å². The maximum Gasteiger partial charge on any atom is 0.260 e. The number of benzene rings is 1. The highest BCUT2D eigenvalue weighted by Gasteiger charge is 2.30. The van der Waals surface area contributed by atoms with Crippen molar-refractivity contribution in [1.29, 1.82) is 0 Å². The smallest absolute Gasteiger partial charge is 0.260 e. The first kappa shape index (κ1) is 27.5. The second-order valence-corrected chi connectivity index (χ2v) is 11.6. The van der Waals surface area contributed by atoms with Crippen molar-refractivity contribution in [2.24, 2.45) is 5.92 Å². The third kappa shape index (κ3) is 5.94. The zero-order valence-electron chi connectivity index (χ0n) is 23.9. The summed E-state index contributed by atoms with van der Waals surface area (Å²) in [6, 6.07) is 6.32. The molecule has 9 nitrogen and oxygen atoms in total. The van der Waals surface area contributed by atoms with E-state index in [0.717, 1.165) is 99.5 Å². The highest BCUT2D eigenvalue weighted by atomic mass is 16.2. The lowest BCUT2D eigenvalue weighted by atomic mass is 9.85. The van der Waals surface area contributed by atoms with Crippen molar-refractivity contribution in [2.75, 3.05) is 59.2 Å². The van der Waals surface area contributed by atoms with Crippen LogP contribution in [0.5, 0.6) is 0 Å². The molecule has 1 aliphatic heterocycles. The first-order valence-electron chi connectivity index (χ1n) is 14.6. The molecule has 1 saturated carbocycles. The van der Waals surface area contributed by atoms with Gasteiger partial charge in [-0.15, -0.1) is 0 Å². The number of carbonyl (C=O) groups excluding carboxylic acids is 1. The van der Waals surface area contributed by atoms with E-state index in [0.29, 0.717) is 11.6 Å². The van der Waals surface area contributed by atoms with Gasteiger partial charge in [0.25, 0.3) is 5.56 Å². The Morgan fingerprint density at radius 1 is 1.05 bits per heavy atom. The highest BCUT2D eigenvalue weighted by molar-refractivity contribution is 6.04. The van der Waals surface area contributed by atoms with Crippen LogP contribution in [0.25, 0.3) is 21.8 Å². The molecular formula is C30H43N7O2. The van der Waals surface area contributed by atoms with Gasteiger partial charge in [0.15, 0.2) is 0 Å². The number of nitrogens with one attached hydrogen (secondary N) is 1. The van der Waals surface area contributed by atoms with Gasteiger partial charge in [-0.1, -0.05) is 25.5 Å². The van der Waals surface area contributed by atoms with E-state index in [1.807, 2.05) is 24.9 Å². The predicted molar refractivity (Wildman–Crippen MR) is 157 cm³/mol. The predicted octanol–water partition coefficient (Wildman–Crippen LogP) is 3.72. The summed E-state index contributed by atoms with van der Waals surface area (Å²) in [6.07, 6.45) is 7.12. The van der Waals surface area contributed by atoms with Crippen LogP contribution in [0.2, 0.25) is 0 Å². The SMILES string of the molecule is CCCCNc1ncc2c3ccc(CN4CCN(C)CC4)cc3c(=O)n(C3CCC(C(=O)N(C)C)CC3)c2n1. The number of pyridine rings is 1. The molecule has 0 atom stereocenters. The maximum absolute atomic E-state index is 14.2. The van der Waals surface area contributed by atoms with Crippen LogP contribution < -0.4 is 10.9 Å². The van der Waals surface area contributed by atoms with E-state index in [-0.39, 0.29) is 23.4 Å². The molecule has 39 heavy (non-hydrogen) atoms. The molecule has 1 aliphatic carbocycles. The van der Waals surface area contributed by atoms with Crippen molar-refractivity contribution in [2.45, 2.75) is 58.0 Å². The molecule has 0 spiro atoms. The highest BCUT2D eigenvalue weighted by Crippen LogP contribution is 2.35. The summed E-state index contributed by atoms with van der Waals surface area (Å²) in [5.74, 6) is 0.767. The summed E-state index contributed by atoms with van der Waals surface area (Å²) in [7, 11) is 5.80. The second kappa shape index (κ2) is 12.0. The second-order valence-electron chi connectivity index (χ2n) is 11.6. The van der Waals surface area contributed by atoms with Crippen molar-refractivity contribution in [1.82, 2.24) is 29.2 Å². The molecule has 1 amide bonds. The molecule has 0 radical (unpaired) electrons. The summed E-state index contributed by atoms with van der Waals surface area (Å²) in [5, 5.41) is 5.88. The monoisotopic (exact) mass is 533 g/mol. The van der Waals surface area contributed by atoms with Crippen LogP contribution in [0, 0.1) is 5.92 Å². The number of carbonyl (C=O) groups is 1. The Morgan fingerprint density at radius 3 is 2.49 bits per heavy atom. The van der Waals surface area contributed by atoms with Gasteiger partial charge in [0.2, 0.25) is 11.9 Å². The molecular weight excluding hydrogens is 490 g/mol.